The highest BCUT2D eigenvalue weighted by molar-refractivity contribution is 5.80. The lowest BCUT2D eigenvalue weighted by Crippen LogP contribution is -2.56. The Morgan fingerprint density at radius 1 is 1.25 bits per heavy atom. The molecule has 4 heteroatoms. The molecule has 0 rings (SSSR count). The summed E-state index contributed by atoms with van der Waals surface area (Å²) in [4.78, 5) is 14.4. The van der Waals surface area contributed by atoms with Gasteiger partial charge in [-0.1, -0.05) is 13.8 Å². The number of ether oxygens (including phenoxy) is 1. The number of carbonyl (C=O) groups is 1. The van der Waals surface area contributed by atoms with Gasteiger partial charge in [-0.25, -0.2) is 0 Å². The Bertz CT molecular complexity index is 292. The summed E-state index contributed by atoms with van der Waals surface area (Å²) in [6.07, 6.45) is 1.92. The van der Waals surface area contributed by atoms with Crippen LogP contribution < -0.4 is 5.32 Å². The normalized spacial score (nSPS) is 16.6. The van der Waals surface area contributed by atoms with E-state index in [4.69, 9.17) is 4.74 Å². The fourth-order valence-electron chi connectivity index (χ4n) is 2.49. The highest BCUT2D eigenvalue weighted by Crippen LogP contribution is 2.19. The van der Waals surface area contributed by atoms with Crippen molar-refractivity contribution in [2.45, 2.75) is 72.0 Å². The Morgan fingerprint density at radius 2 is 1.80 bits per heavy atom. The second-order valence-electron chi connectivity index (χ2n) is 6.84. The van der Waals surface area contributed by atoms with E-state index < -0.39 is 5.54 Å². The molecular formula is C16H34N2O2. The van der Waals surface area contributed by atoms with Crippen LogP contribution >= 0.6 is 0 Å². The summed E-state index contributed by atoms with van der Waals surface area (Å²) in [5, 5.41) is 3.36. The molecule has 0 bridgehead atoms. The van der Waals surface area contributed by atoms with Gasteiger partial charge in [0.1, 0.15) is 5.54 Å². The van der Waals surface area contributed by atoms with E-state index >= 15 is 0 Å². The molecule has 0 saturated heterocycles. The molecule has 0 spiro atoms. The van der Waals surface area contributed by atoms with Gasteiger partial charge < -0.3 is 9.64 Å². The smallest absolute Gasteiger partial charge is 0.325 e. The zero-order valence-corrected chi connectivity index (χ0v) is 14.6. The van der Waals surface area contributed by atoms with Gasteiger partial charge in [0.15, 0.2) is 0 Å². The number of rotatable bonds is 9. The zero-order chi connectivity index (χ0) is 15.9. The van der Waals surface area contributed by atoms with Crippen LogP contribution in [0.5, 0.6) is 0 Å². The highest BCUT2D eigenvalue weighted by Gasteiger charge is 2.36. The van der Waals surface area contributed by atoms with Crippen molar-refractivity contribution >= 4 is 5.97 Å². The predicted octanol–water partition coefficient (Wildman–Crippen LogP) is 2.67. The molecule has 0 aromatic carbocycles. The third-order valence-electron chi connectivity index (χ3n) is 3.76. The maximum absolute atomic E-state index is 12.1. The summed E-state index contributed by atoms with van der Waals surface area (Å²) in [5.74, 6) is 0.515. The Hall–Kier alpha value is -0.610. The third kappa shape index (κ3) is 6.71. The van der Waals surface area contributed by atoms with Crippen molar-refractivity contribution in [3.8, 4) is 0 Å². The van der Waals surface area contributed by atoms with Crippen molar-refractivity contribution < 1.29 is 9.53 Å². The molecule has 2 atom stereocenters. The number of methoxy groups -OCH3 is 1. The lowest BCUT2D eigenvalue weighted by molar-refractivity contribution is -0.149. The second-order valence-corrected chi connectivity index (χ2v) is 6.84. The molecule has 0 aromatic rings. The molecule has 0 aliphatic heterocycles. The summed E-state index contributed by atoms with van der Waals surface area (Å²) < 4.78 is 4.98. The molecular weight excluding hydrogens is 252 g/mol. The highest BCUT2D eigenvalue weighted by atomic mass is 16.5. The first kappa shape index (κ1) is 19.4. The topological polar surface area (TPSA) is 41.6 Å². The van der Waals surface area contributed by atoms with Crippen molar-refractivity contribution in [1.82, 2.24) is 10.2 Å². The van der Waals surface area contributed by atoms with Crippen LogP contribution in [0.25, 0.3) is 0 Å². The molecule has 0 saturated carbocycles. The van der Waals surface area contributed by atoms with Gasteiger partial charge in [0.25, 0.3) is 0 Å². The van der Waals surface area contributed by atoms with Gasteiger partial charge in [-0.15, -0.1) is 0 Å². The lowest BCUT2D eigenvalue weighted by Gasteiger charge is -2.35. The first-order chi connectivity index (χ1) is 9.12. The minimum absolute atomic E-state index is 0.185. The molecule has 0 aliphatic rings. The first-order valence-corrected chi connectivity index (χ1v) is 7.68. The van der Waals surface area contributed by atoms with E-state index in [9.17, 15) is 4.79 Å². The van der Waals surface area contributed by atoms with E-state index in [2.05, 4.69) is 38.0 Å². The van der Waals surface area contributed by atoms with E-state index in [0.717, 1.165) is 13.0 Å². The van der Waals surface area contributed by atoms with Gasteiger partial charge >= 0.3 is 5.97 Å². The van der Waals surface area contributed by atoms with Crippen molar-refractivity contribution in [2.75, 3.05) is 20.7 Å². The first-order valence-electron chi connectivity index (χ1n) is 7.68. The van der Waals surface area contributed by atoms with E-state index in [0.29, 0.717) is 12.0 Å². The maximum Gasteiger partial charge on any atom is 0.325 e. The number of nitrogens with zero attached hydrogens (tertiary/aromatic N) is 1. The van der Waals surface area contributed by atoms with E-state index in [1.165, 1.54) is 13.5 Å². The average molecular weight is 286 g/mol. The second kappa shape index (κ2) is 8.63. The van der Waals surface area contributed by atoms with Crippen LogP contribution in [-0.4, -0.2) is 49.2 Å². The Kier molecular flexibility index (Phi) is 8.36. The van der Waals surface area contributed by atoms with Gasteiger partial charge in [-0.3, -0.25) is 10.1 Å². The van der Waals surface area contributed by atoms with Crippen LogP contribution in [-0.2, 0) is 9.53 Å². The molecule has 0 amide bonds. The van der Waals surface area contributed by atoms with Crippen molar-refractivity contribution in [1.29, 1.82) is 0 Å². The van der Waals surface area contributed by atoms with E-state index in [1.54, 1.807) is 0 Å². The number of hydrogen-bond acceptors (Lipinski definition) is 4. The van der Waals surface area contributed by atoms with Crippen LogP contribution in [0.15, 0.2) is 0 Å². The Balaban J connectivity index is 4.68. The van der Waals surface area contributed by atoms with E-state index in [1.807, 2.05) is 20.8 Å². The Morgan fingerprint density at radius 3 is 2.20 bits per heavy atom. The van der Waals surface area contributed by atoms with Crippen LogP contribution in [0.4, 0.5) is 0 Å². The summed E-state index contributed by atoms with van der Waals surface area (Å²) in [6.45, 7) is 13.7. The van der Waals surface area contributed by atoms with E-state index in [-0.39, 0.29) is 12.0 Å². The quantitative estimate of drug-likeness (QED) is 0.662. The van der Waals surface area contributed by atoms with Crippen LogP contribution in [0.3, 0.4) is 0 Å². The maximum atomic E-state index is 12.1. The largest absolute Gasteiger partial charge is 0.468 e. The minimum atomic E-state index is -0.631. The summed E-state index contributed by atoms with van der Waals surface area (Å²) in [5.41, 5.74) is -0.631. The zero-order valence-electron chi connectivity index (χ0n) is 14.6. The van der Waals surface area contributed by atoms with Crippen LogP contribution in [0, 0.1) is 5.92 Å². The van der Waals surface area contributed by atoms with Crippen LogP contribution in [0.2, 0.25) is 0 Å². The SMILES string of the molecule is COC(=O)C(C)(CC(C)N(C)CCC(C)C)NC(C)C. The lowest BCUT2D eigenvalue weighted by atomic mass is 9.92. The average Bonchev–Trinajstić information content (AvgIpc) is 2.33. The Labute approximate surface area is 125 Å². The molecule has 0 aromatic heterocycles. The summed E-state index contributed by atoms with van der Waals surface area (Å²) in [6, 6.07) is 0.566. The van der Waals surface area contributed by atoms with Crippen LogP contribution in [0.1, 0.15) is 54.4 Å². The summed E-state index contributed by atoms with van der Waals surface area (Å²) >= 11 is 0. The third-order valence-corrected chi connectivity index (χ3v) is 3.76. The fourth-order valence-corrected chi connectivity index (χ4v) is 2.49. The molecule has 1 N–H and O–H groups in total. The molecule has 2 unspecified atom stereocenters. The summed E-state index contributed by atoms with van der Waals surface area (Å²) in [7, 11) is 3.58. The number of hydrogen-bond donors (Lipinski definition) is 1. The monoisotopic (exact) mass is 286 g/mol. The molecule has 0 aliphatic carbocycles. The van der Waals surface area contributed by atoms with Gasteiger partial charge in [0, 0.05) is 12.1 Å². The number of nitrogens with one attached hydrogen (secondary N) is 1. The predicted molar refractivity (Wildman–Crippen MR) is 84.9 cm³/mol. The molecule has 0 heterocycles. The fraction of sp³-hybridized carbons (Fsp3) is 0.938. The molecule has 120 valence electrons. The number of esters is 1. The van der Waals surface area contributed by atoms with Gasteiger partial charge in [0.2, 0.25) is 0 Å². The molecule has 20 heavy (non-hydrogen) atoms. The molecule has 0 fully saturated rings. The minimum Gasteiger partial charge on any atom is -0.468 e. The van der Waals surface area contributed by atoms with Crippen molar-refractivity contribution in [3.63, 3.8) is 0 Å². The standard InChI is InChI=1S/C16H34N2O2/c1-12(2)9-10-18(7)14(5)11-16(6,15(19)20-8)17-13(3)4/h12-14,17H,9-11H2,1-8H3. The van der Waals surface area contributed by atoms with Gasteiger partial charge in [-0.05, 0) is 60.0 Å². The van der Waals surface area contributed by atoms with Crippen molar-refractivity contribution in [2.24, 2.45) is 5.92 Å². The molecule has 4 nitrogen and oxygen atoms in total. The molecule has 0 radical (unpaired) electrons. The number of carbonyl (C=O) groups excluding carboxylic acids is 1. The van der Waals surface area contributed by atoms with Gasteiger partial charge in [-0.2, -0.15) is 0 Å². The van der Waals surface area contributed by atoms with Gasteiger partial charge in [0.05, 0.1) is 7.11 Å². The van der Waals surface area contributed by atoms with Crippen molar-refractivity contribution in [3.05, 3.63) is 0 Å².